The van der Waals surface area contributed by atoms with Crippen LogP contribution in [-0.4, -0.2) is 78.2 Å². The molecular weight excluding hydrogens is 538 g/mol. The number of anilines is 1. The van der Waals surface area contributed by atoms with Gasteiger partial charge in [0.25, 0.3) is 0 Å². The molecule has 0 amide bonds. The van der Waals surface area contributed by atoms with Crippen molar-refractivity contribution < 1.29 is 24.1 Å². The molecule has 3 aliphatic heterocycles. The predicted octanol–water partition coefficient (Wildman–Crippen LogP) is 4.50. The van der Waals surface area contributed by atoms with Crippen molar-refractivity contribution in [1.82, 2.24) is 29.6 Å². The maximum absolute atomic E-state index is 12.7. The summed E-state index contributed by atoms with van der Waals surface area (Å²) in [5.74, 6) is -0.117. The smallest absolute Gasteiger partial charge is 0.337 e. The summed E-state index contributed by atoms with van der Waals surface area (Å²) in [6.07, 6.45) is 3.97. The van der Waals surface area contributed by atoms with Gasteiger partial charge in [-0.05, 0) is 66.2 Å². The molecule has 42 heavy (non-hydrogen) atoms. The van der Waals surface area contributed by atoms with Crippen LogP contribution in [0.25, 0.3) is 5.65 Å². The molecule has 3 aromatic heterocycles. The van der Waals surface area contributed by atoms with Crippen LogP contribution in [-0.2, 0) is 25.5 Å². The van der Waals surface area contributed by atoms with Crippen LogP contribution in [0.2, 0.25) is 0 Å². The highest BCUT2D eigenvalue weighted by Gasteiger charge is 2.38. The van der Waals surface area contributed by atoms with Crippen LogP contribution >= 0.6 is 0 Å². The van der Waals surface area contributed by atoms with E-state index < -0.39 is 17.7 Å². The SMILES string of the molecule is Cc1nc2cc3nn2c(c1[C@H](OC(C)(C)C)C(=O)O)N1CCC(C)(CC1)OCCCCOC(C(C)C)c1cn(nn1)C3. The van der Waals surface area contributed by atoms with Crippen LogP contribution in [0.3, 0.4) is 0 Å². The van der Waals surface area contributed by atoms with Crippen molar-refractivity contribution in [2.45, 2.75) is 104 Å². The number of ether oxygens (including phenoxy) is 3. The molecule has 1 N–H and O–H groups in total. The number of carboxylic acids is 1. The lowest BCUT2D eigenvalue weighted by molar-refractivity contribution is -0.160. The van der Waals surface area contributed by atoms with Gasteiger partial charge in [0.1, 0.15) is 17.6 Å². The predicted molar refractivity (Wildman–Crippen MR) is 157 cm³/mol. The Hall–Kier alpha value is -3.09. The Bertz CT molecular complexity index is 1400. The summed E-state index contributed by atoms with van der Waals surface area (Å²) in [4.78, 5) is 19.7. The number of hydrogen-bond donors (Lipinski definition) is 1. The molecule has 12 heteroatoms. The Labute approximate surface area is 247 Å². The highest BCUT2D eigenvalue weighted by atomic mass is 16.5. The third kappa shape index (κ3) is 6.60. The van der Waals surface area contributed by atoms with Crippen LogP contribution < -0.4 is 4.90 Å². The van der Waals surface area contributed by atoms with E-state index in [9.17, 15) is 9.90 Å². The minimum absolute atomic E-state index is 0.155. The minimum atomic E-state index is -1.21. The average Bonchev–Trinajstić information content (AvgIpc) is 3.52. The number of nitrogens with zero attached hydrogens (tertiary/aromatic N) is 7. The number of aromatic nitrogens is 6. The van der Waals surface area contributed by atoms with Crippen molar-refractivity contribution >= 4 is 17.4 Å². The van der Waals surface area contributed by atoms with E-state index in [0.717, 1.165) is 37.1 Å². The first-order valence-electron chi connectivity index (χ1n) is 15.0. The van der Waals surface area contributed by atoms with E-state index in [2.05, 4.69) is 36.0 Å². The van der Waals surface area contributed by atoms with Gasteiger partial charge in [-0.1, -0.05) is 19.1 Å². The fraction of sp³-hybridized carbons (Fsp3) is 0.700. The second-order valence-electron chi connectivity index (χ2n) is 13.2. The van der Waals surface area contributed by atoms with E-state index in [1.807, 2.05) is 40.0 Å². The zero-order valence-corrected chi connectivity index (χ0v) is 26.0. The molecule has 6 bridgehead atoms. The topological polar surface area (TPSA) is 129 Å². The Kier molecular flexibility index (Phi) is 8.60. The molecule has 0 radical (unpaired) electrons. The lowest BCUT2D eigenvalue weighted by Gasteiger charge is -2.41. The summed E-state index contributed by atoms with van der Waals surface area (Å²) in [5, 5.41) is 24.1. The first-order chi connectivity index (χ1) is 19.8. The maximum Gasteiger partial charge on any atom is 0.337 e. The average molecular weight is 584 g/mol. The van der Waals surface area contributed by atoms with E-state index in [1.165, 1.54) is 0 Å². The van der Waals surface area contributed by atoms with Crippen molar-refractivity contribution in [1.29, 1.82) is 0 Å². The van der Waals surface area contributed by atoms with Crippen LogP contribution in [0, 0.1) is 12.8 Å². The number of aryl methyl sites for hydroxylation is 1. The molecule has 6 rings (SSSR count). The quantitative estimate of drug-likeness (QED) is 0.469. The molecule has 0 spiro atoms. The van der Waals surface area contributed by atoms with E-state index in [4.69, 9.17) is 24.3 Å². The monoisotopic (exact) mass is 583 g/mol. The molecule has 6 heterocycles. The van der Waals surface area contributed by atoms with Crippen LogP contribution in [0.15, 0.2) is 12.3 Å². The first kappa shape index (κ1) is 30.4. The number of aliphatic carboxylic acids is 1. The number of rotatable bonds is 4. The molecular formula is C30H45N7O5. The largest absolute Gasteiger partial charge is 0.479 e. The van der Waals surface area contributed by atoms with Crippen molar-refractivity contribution in [2.75, 3.05) is 31.2 Å². The van der Waals surface area contributed by atoms with Gasteiger partial charge in [-0.15, -0.1) is 5.10 Å². The Morgan fingerprint density at radius 3 is 2.57 bits per heavy atom. The van der Waals surface area contributed by atoms with Gasteiger partial charge in [-0.2, -0.15) is 9.61 Å². The van der Waals surface area contributed by atoms with Gasteiger partial charge in [0, 0.05) is 38.1 Å². The first-order valence-corrected chi connectivity index (χ1v) is 15.0. The number of piperidine rings is 1. The van der Waals surface area contributed by atoms with Crippen molar-refractivity contribution in [3.8, 4) is 0 Å². The normalized spacial score (nSPS) is 23.2. The number of carboxylic acid groups (broad SMARTS) is 1. The highest BCUT2D eigenvalue weighted by molar-refractivity contribution is 5.78. The molecule has 0 aromatic carbocycles. The summed E-state index contributed by atoms with van der Waals surface area (Å²) in [5.41, 5.74) is 2.36. The summed E-state index contributed by atoms with van der Waals surface area (Å²) in [6.45, 7) is 16.9. The van der Waals surface area contributed by atoms with Crippen LogP contribution in [0.4, 0.5) is 5.82 Å². The molecule has 1 saturated heterocycles. The molecule has 2 atom stereocenters. The molecule has 0 saturated carbocycles. The minimum Gasteiger partial charge on any atom is -0.479 e. The van der Waals surface area contributed by atoms with Crippen molar-refractivity contribution in [3.05, 3.63) is 34.9 Å². The molecule has 3 aromatic rings. The lowest BCUT2D eigenvalue weighted by atomic mass is 9.92. The Balaban J connectivity index is 1.62. The summed E-state index contributed by atoms with van der Waals surface area (Å²) in [6, 6.07) is 1.92. The second kappa shape index (κ2) is 11.9. The molecule has 1 unspecified atom stereocenters. The third-order valence-corrected chi connectivity index (χ3v) is 8.00. The van der Waals surface area contributed by atoms with E-state index in [0.29, 0.717) is 55.6 Å². The standard InChI is InChI=1S/C30H45N7O5/c1-19(2)25-22-18-36(34-32-22)17-21-16-23-31-20(3)24(26(28(38)39)42-29(4,5)6)27(37(23)33-21)35-12-10-30(7,11-13-35)41-15-9-8-14-40-25/h16,18-19,25-26H,8-15,17H2,1-7H3,(H,38,39)/t25?,26-/m0/s1. The molecule has 1 fully saturated rings. The summed E-state index contributed by atoms with van der Waals surface area (Å²) < 4.78 is 22.4. The fourth-order valence-corrected chi connectivity index (χ4v) is 5.81. The van der Waals surface area contributed by atoms with Gasteiger partial charge in [0.15, 0.2) is 11.8 Å². The number of hydrogen-bond acceptors (Lipinski definition) is 9. The Morgan fingerprint density at radius 2 is 1.90 bits per heavy atom. The summed E-state index contributed by atoms with van der Waals surface area (Å²) in [7, 11) is 0. The van der Waals surface area contributed by atoms with E-state index in [1.54, 1.807) is 9.20 Å². The maximum atomic E-state index is 12.7. The fourth-order valence-electron chi connectivity index (χ4n) is 5.81. The van der Waals surface area contributed by atoms with Gasteiger partial charge < -0.3 is 24.2 Å². The van der Waals surface area contributed by atoms with E-state index in [-0.39, 0.29) is 17.6 Å². The molecule has 3 aliphatic rings. The third-order valence-electron chi connectivity index (χ3n) is 8.00. The van der Waals surface area contributed by atoms with Gasteiger partial charge in [-0.3, -0.25) is 0 Å². The van der Waals surface area contributed by atoms with Gasteiger partial charge in [0.2, 0.25) is 0 Å². The molecule has 230 valence electrons. The van der Waals surface area contributed by atoms with Crippen LogP contribution in [0.5, 0.6) is 0 Å². The number of fused-ring (bicyclic) bond motifs is 8. The van der Waals surface area contributed by atoms with E-state index >= 15 is 0 Å². The zero-order chi connectivity index (χ0) is 30.2. The van der Waals surface area contributed by atoms with Gasteiger partial charge in [0.05, 0.1) is 35.2 Å². The number of carbonyl (C=O) groups is 1. The highest BCUT2D eigenvalue weighted by Crippen LogP contribution is 2.38. The summed E-state index contributed by atoms with van der Waals surface area (Å²) >= 11 is 0. The van der Waals surface area contributed by atoms with Gasteiger partial charge >= 0.3 is 5.97 Å². The second-order valence-corrected chi connectivity index (χ2v) is 13.2. The zero-order valence-electron chi connectivity index (χ0n) is 26.0. The molecule has 12 nitrogen and oxygen atoms in total. The van der Waals surface area contributed by atoms with Crippen molar-refractivity contribution in [2.24, 2.45) is 5.92 Å². The van der Waals surface area contributed by atoms with Gasteiger partial charge in [-0.25, -0.2) is 14.5 Å². The lowest BCUT2D eigenvalue weighted by Crippen LogP contribution is -2.46. The molecule has 0 aliphatic carbocycles. The van der Waals surface area contributed by atoms with Crippen molar-refractivity contribution in [3.63, 3.8) is 0 Å². The van der Waals surface area contributed by atoms with Crippen LogP contribution in [0.1, 0.15) is 102 Å². The Morgan fingerprint density at radius 1 is 1.19 bits per heavy atom.